The highest BCUT2D eigenvalue weighted by molar-refractivity contribution is 7.16. The van der Waals surface area contributed by atoms with Gasteiger partial charge in [0, 0.05) is 6.54 Å². The van der Waals surface area contributed by atoms with E-state index in [-0.39, 0.29) is 18.3 Å². The molecular formula is C20H20N2O4S. The average molecular weight is 384 g/mol. The number of thiazole rings is 1. The molecule has 0 aliphatic heterocycles. The Hall–Kier alpha value is -2.93. The number of aryl methyl sites for hydroxylation is 1. The summed E-state index contributed by atoms with van der Waals surface area (Å²) in [6, 6.07) is 14.7. The second kappa shape index (κ2) is 8.64. The maximum Gasteiger partial charge on any atom is 0.307 e. The highest BCUT2D eigenvalue weighted by atomic mass is 32.1. The van der Waals surface area contributed by atoms with Crippen molar-refractivity contribution >= 4 is 33.4 Å². The molecule has 0 spiro atoms. The lowest BCUT2D eigenvalue weighted by molar-refractivity contribution is -0.143. The molecular weight excluding hydrogens is 364 g/mol. The molecule has 3 aromatic rings. The van der Waals surface area contributed by atoms with Crippen molar-refractivity contribution in [3.63, 3.8) is 0 Å². The molecule has 0 fully saturated rings. The predicted octanol–water partition coefficient (Wildman–Crippen LogP) is 3.41. The number of para-hydroxylation sites is 2. The summed E-state index contributed by atoms with van der Waals surface area (Å²) in [4.78, 5) is 29.3. The van der Waals surface area contributed by atoms with Gasteiger partial charge in [0.25, 0.3) is 5.91 Å². The SMILES string of the molecule is CCOC(=O)CCn1c(=NC(=O)c2ccccc2OC)sc2ccccc21. The Morgan fingerprint density at radius 2 is 1.85 bits per heavy atom. The molecule has 0 radical (unpaired) electrons. The number of esters is 1. The molecule has 7 heteroatoms. The third-order valence-electron chi connectivity index (χ3n) is 3.97. The van der Waals surface area contributed by atoms with Crippen LogP contribution in [0.15, 0.2) is 53.5 Å². The fourth-order valence-corrected chi connectivity index (χ4v) is 3.78. The number of fused-ring (bicyclic) bond motifs is 1. The molecule has 1 heterocycles. The summed E-state index contributed by atoms with van der Waals surface area (Å²) in [5, 5.41) is 0. The number of nitrogens with zero attached hydrogens (tertiary/aromatic N) is 2. The molecule has 0 bridgehead atoms. The van der Waals surface area contributed by atoms with Crippen LogP contribution in [0.1, 0.15) is 23.7 Å². The topological polar surface area (TPSA) is 69.9 Å². The number of methoxy groups -OCH3 is 1. The summed E-state index contributed by atoms with van der Waals surface area (Å²) < 4.78 is 13.1. The maximum atomic E-state index is 12.7. The van der Waals surface area contributed by atoms with E-state index in [1.54, 1.807) is 31.2 Å². The zero-order chi connectivity index (χ0) is 19.2. The fourth-order valence-electron chi connectivity index (χ4n) is 2.73. The van der Waals surface area contributed by atoms with Crippen LogP contribution in [0.3, 0.4) is 0 Å². The Morgan fingerprint density at radius 3 is 2.63 bits per heavy atom. The van der Waals surface area contributed by atoms with Crippen molar-refractivity contribution in [2.45, 2.75) is 19.9 Å². The Bertz CT molecular complexity index is 1040. The lowest BCUT2D eigenvalue weighted by atomic mass is 10.2. The molecule has 0 unspecified atom stereocenters. The predicted molar refractivity (Wildman–Crippen MR) is 104 cm³/mol. The Kier molecular flexibility index (Phi) is 6.03. The lowest BCUT2D eigenvalue weighted by Crippen LogP contribution is -2.19. The van der Waals surface area contributed by atoms with E-state index in [1.165, 1.54) is 18.4 Å². The second-order valence-corrected chi connectivity index (χ2v) is 6.69. The number of amides is 1. The van der Waals surface area contributed by atoms with Crippen LogP contribution in [0.4, 0.5) is 0 Å². The molecule has 0 atom stereocenters. The number of ether oxygens (including phenoxy) is 2. The number of hydrogen-bond donors (Lipinski definition) is 0. The van der Waals surface area contributed by atoms with Crippen LogP contribution in [0.2, 0.25) is 0 Å². The third kappa shape index (κ3) is 4.25. The van der Waals surface area contributed by atoms with Crippen molar-refractivity contribution in [2.75, 3.05) is 13.7 Å². The van der Waals surface area contributed by atoms with Gasteiger partial charge < -0.3 is 14.0 Å². The molecule has 6 nitrogen and oxygen atoms in total. The van der Waals surface area contributed by atoms with Gasteiger partial charge in [0.15, 0.2) is 4.80 Å². The highest BCUT2D eigenvalue weighted by Gasteiger charge is 2.13. The zero-order valence-electron chi connectivity index (χ0n) is 15.2. The van der Waals surface area contributed by atoms with Crippen LogP contribution >= 0.6 is 11.3 Å². The van der Waals surface area contributed by atoms with Crippen molar-refractivity contribution in [1.29, 1.82) is 0 Å². The van der Waals surface area contributed by atoms with Crippen molar-refractivity contribution in [2.24, 2.45) is 4.99 Å². The number of rotatable bonds is 6. The molecule has 0 saturated heterocycles. The number of aromatic nitrogens is 1. The average Bonchev–Trinajstić information content (AvgIpc) is 3.03. The van der Waals surface area contributed by atoms with Crippen LogP contribution < -0.4 is 9.54 Å². The molecule has 0 N–H and O–H groups in total. The molecule has 3 rings (SSSR count). The van der Waals surface area contributed by atoms with E-state index in [2.05, 4.69) is 4.99 Å². The van der Waals surface area contributed by atoms with E-state index in [1.807, 2.05) is 28.8 Å². The molecule has 1 amide bonds. The van der Waals surface area contributed by atoms with Gasteiger partial charge in [-0.25, -0.2) is 0 Å². The standard InChI is InChI=1S/C20H20N2O4S/c1-3-26-18(23)12-13-22-15-9-5-7-11-17(15)27-20(22)21-19(24)14-8-4-6-10-16(14)25-2/h4-11H,3,12-13H2,1-2H3. The van der Waals surface area contributed by atoms with Gasteiger partial charge in [0.05, 0.1) is 35.9 Å². The van der Waals surface area contributed by atoms with E-state index in [4.69, 9.17) is 9.47 Å². The van der Waals surface area contributed by atoms with Gasteiger partial charge in [-0.15, -0.1) is 0 Å². The van der Waals surface area contributed by atoms with Crippen molar-refractivity contribution in [3.05, 3.63) is 58.9 Å². The number of carbonyl (C=O) groups is 2. The van der Waals surface area contributed by atoms with Gasteiger partial charge >= 0.3 is 5.97 Å². The van der Waals surface area contributed by atoms with Crippen LogP contribution in [-0.4, -0.2) is 30.2 Å². The third-order valence-corrected chi connectivity index (χ3v) is 5.03. The quantitative estimate of drug-likeness (QED) is 0.611. The first-order valence-electron chi connectivity index (χ1n) is 8.60. The summed E-state index contributed by atoms with van der Waals surface area (Å²) in [6.07, 6.45) is 0.213. The van der Waals surface area contributed by atoms with Crippen molar-refractivity contribution in [3.8, 4) is 5.75 Å². The van der Waals surface area contributed by atoms with Gasteiger partial charge in [-0.2, -0.15) is 4.99 Å². The van der Waals surface area contributed by atoms with Gasteiger partial charge in [0.1, 0.15) is 5.75 Å². The van der Waals surface area contributed by atoms with E-state index >= 15 is 0 Å². The minimum Gasteiger partial charge on any atom is -0.496 e. The summed E-state index contributed by atoms with van der Waals surface area (Å²) in [6.45, 7) is 2.51. The zero-order valence-corrected chi connectivity index (χ0v) is 16.0. The lowest BCUT2D eigenvalue weighted by Gasteiger charge is -2.06. The first-order valence-corrected chi connectivity index (χ1v) is 9.41. The van der Waals surface area contributed by atoms with E-state index in [0.717, 1.165) is 10.2 Å². The first-order chi connectivity index (χ1) is 13.1. The Labute approximate surface area is 160 Å². The largest absolute Gasteiger partial charge is 0.496 e. The number of benzene rings is 2. The summed E-state index contributed by atoms with van der Waals surface area (Å²) >= 11 is 1.41. The van der Waals surface area contributed by atoms with Crippen molar-refractivity contribution < 1.29 is 19.1 Å². The number of hydrogen-bond acceptors (Lipinski definition) is 5. The van der Waals surface area contributed by atoms with Gasteiger partial charge in [0.2, 0.25) is 0 Å². The minimum atomic E-state index is -0.385. The van der Waals surface area contributed by atoms with Crippen LogP contribution in [0.25, 0.3) is 10.2 Å². The fraction of sp³-hybridized carbons (Fsp3) is 0.250. The Balaban J connectivity index is 2.02. The van der Waals surface area contributed by atoms with Crippen LogP contribution in [-0.2, 0) is 16.1 Å². The molecule has 140 valence electrons. The molecule has 2 aromatic carbocycles. The van der Waals surface area contributed by atoms with E-state index in [0.29, 0.717) is 29.3 Å². The van der Waals surface area contributed by atoms with Gasteiger partial charge in [-0.3, -0.25) is 9.59 Å². The van der Waals surface area contributed by atoms with Crippen LogP contribution in [0.5, 0.6) is 5.75 Å². The molecule has 1 aromatic heterocycles. The second-order valence-electron chi connectivity index (χ2n) is 5.68. The van der Waals surface area contributed by atoms with Crippen molar-refractivity contribution in [1.82, 2.24) is 4.57 Å². The van der Waals surface area contributed by atoms with E-state index in [9.17, 15) is 9.59 Å². The highest BCUT2D eigenvalue weighted by Crippen LogP contribution is 2.20. The minimum absolute atomic E-state index is 0.213. The normalized spacial score (nSPS) is 11.6. The first kappa shape index (κ1) is 18.8. The summed E-state index contributed by atoms with van der Waals surface area (Å²) in [5.41, 5.74) is 1.33. The molecule has 0 saturated carbocycles. The maximum absolute atomic E-state index is 12.7. The van der Waals surface area contributed by atoms with Gasteiger partial charge in [-0.05, 0) is 31.2 Å². The molecule has 0 aliphatic rings. The Morgan fingerprint density at radius 1 is 1.11 bits per heavy atom. The summed E-state index contributed by atoms with van der Waals surface area (Å²) in [7, 11) is 1.52. The monoisotopic (exact) mass is 384 g/mol. The van der Waals surface area contributed by atoms with E-state index < -0.39 is 0 Å². The van der Waals surface area contributed by atoms with Crippen LogP contribution in [0, 0.1) is 0 Å². The summed E-state index contributed by atoms with van der Waals surface area (Å²) in [5.74, 6) is -0.184. The molecule has 0 aliphatic carbocycles. The smallest absolute Gasteiger partial charge is 0.307 e. The number of carbonyl (C=O) groups excluding carboxylic acids is 2. The van der Waals surface area contributed by atoms with Gasteiger partial charge in [-0.1, -0.05) is 35.6 Å². The molecule has 27 heavy (non-hydrogen) atoms.